The summed E-state index contributed by atoms with van der Waals surface area (Å²) in [6.07, 6.45) is 2.06. The van der Waals surface area contributed by atoms with E-state index in [9.17, 15) is 9.59 Å². The smallest absolute Gasteiger partial charge is 0.262 e. The van der Waals surface area contributed by atoms with Gasteiger partial charge < -0.3 is 19.8 Å². The molecule has 0 radical (unpaired) electrons. The number of benzene rings is 2. The quantitative estimate of drug-likeness (QED) is 0.617. The normalized spacial score (nSPS) is 12.7. The lowest BCUT2D eigenvalue weighted by Crippen LogP contribution is -2.25. The fourth-order valence-electron chi connectivity index (χ4n) is 2.84. The van der Waals surface area contributed by atoms with Gasteiger partial charge in [-0.25, -0.2) is 4.98 Å². The van der Waals surface area contributed by atoms with Crippen LogP contribution in [-0.4, -0.2) is 23.4 Å². The second-order valence-electron chi connectivity index (χ2n) is 6.34. The summed E-state index contributed by atoms with van der Waals surface area (Å²) >= 11 is 12.1. The SMILES string of the molecule is O=C(CCc1ncc(-c2ccc(Cl)cc2Cl)o1)Nc1ccc2c(c1)NC(=O)CO2. The number of hydrogen-bond acceptors (Lipinski definition) is 5. The topological polar surface area (TPSA) is 93.5 Å². The molecular weight excluding hydrogens is 417 g/mol. The van der Waals surface area contributed by atoms with E-state index in [0.717, 1.165) is 0 Å². The average Bonchev–Trinajstić information content (AvgIpc) is 3.15. The Kier molecular flexibility index (Phi) is 5.42. The van der Waals surface area contributed by atoms with Crippen LogP contribution in [0.4, 0.5) is 11.4 Å². The van der Waals surface area contributed by atoms with Crippen molar-refractivity contribution in [3.05, 3.63) is 58.5 Å². The first kappa shape index (κ1) is 19.3. The van der Waals surface area contributed by atoms with Gasteiger partial charge in [-0.15, -0.1) is 0 Å². The summed E-state index contributed by atoms with van der Waals surface area (Å²) in [4.78, 5) is 27.9. The Balaban J connectivity index is 1.36. The molecule has 1 aromatic heterocycles. The van der Waals surface area contributed by atoms with Gasteiger partial charge in [0, 0.05) is 29.1 Å². The van der Waals surface area contributed by atoms with Crippen LogP contribution in [0, 0.1) is 0 Å². The molecule has 3 aromatic rings. The van der Waals surface area contributed by atoms with Crippen molar-refractivity contribution in [2.45, 2.75) is 12.8 Å². The minimum atomic E-state index is -0.235. The Labute approximate surface area is 176 Å². The average molecular weight is 432 g/mol. The predicted molar refractivity (Wildman–Crippen MR) is 109 cm³/mol. The van der Waals surface area contributed by atoms with Crippen molar-refractivity contribution in [2.24, 2.45) is 0 Å². The summed E-state index contributed by atoms with van der Waals surface area (Å²) in [7, 11) is 0. The van der Waals surface area contributed by atoms with Crippen LogP contribution in [0.5, 0.6) is 5.75 Å². The third-order valence-corrected chi connectivity index (χ3v) is 4.76. The Hall–Kier alpha value is -3.03. The van der Waals surface area contributed by atoms with Crippen LogP contribution in [0.1, 0.15) is 12.3 Å². The summed E-state index contributed by atoms with van der Waals surface area (Å²) in [6.45, 7) is -0.0158. The lowest BCUT2D eigenvalue weighted by atomic mass is 10.2. The van der Waals surface area contributed by atoms with Crippen molar-refractivity contribution in [1.82, 2.24) is 4.98 Å². The van der Waals surface area contributed by atoms with E-state index in [4.69, 9.17) is 32.4 Å². The summed E-state index contributed by atoms with van der Waals surface area (Å²) < 4.78 is 11.0. The molecule has 0 bridgehead atoms. The fourth-order valence-corrected chi connectivity index (χ4v) is 3.35. The number of nitrogens with zero attached hydrogens (tertiary/aromatic N) is 1. The van der Waals surface area contributed by atoms with Crippen LogP contribution in [0.15, 0.2) is 47.0 Å². The molecule has 4 rings (SSSR count). The number of carbonyl (C=O) groups excluding carboxylic acids is 2. The first-order valence-electron chi connectivity index (χ1n) is 8.74. The van der Waals surface area contributed by atoms with Crippen LogP contribution < -0.4 is 15.4 Å². The lowest BCUT2D eigenvalue weighted by molar-refractivity contribution is -0.118. The van der Waals surface area contributed by atoms with Gasteiger partial charge in [-0.2, -0.15) is 0 Å². The molecular formula is C20H15Cl2N3O4. The lowest BCUT2D eigenvalue weighted by Gasteiger charge is -2.18. The molecule has 1 aliphatic rings. The Morgan fingerprint density at radius 2 is 2.07 bits per heavy atom. The maximum Gasteiger partial charge on any atom is 0.262 e. The zero-order chi connectivity index (χ0) is 20.4. The Bertz CT molecular complexity index is 1100. The minimum Gasteiger partial charge on any atom is -0.482 e. The first-order chi connectivity index (χ1) is 14.0. The van der Waals surface area contributed by atoms with E-state index in [0.29, 0.717) is 50.8 Å². The molecule has 0 saturated heterocycles. The maximum atomic E-state index is 12.3. The highest BCUT2D eigenvalue weighted by molar-refractivity contribution is 6.36. The molecule has 1 aliphatic heterocycles. The molecule has 0 saturated carbocycles. The molecule has 0 aliphatic carbocycles. The summed E-state index contributed by atoms with van der Waals surface area (Å²) in [5, 5.41) is 6.47. The van der Waals surface area contributed by atoms with Gasteiger partial charge in [-0.1, -0.05) is 23.2 Å². The molecule has 0 unspecified atom stereocenters. The van der Waals surface area contributed by atoms with Crippen molar-refractivity contribution in [3.8, 4) is 17.1 Å². The zero-order valence-corrected chi connectivity index (χ0v) is 16.5. The van der Waals surface area contributed by atoms with Crippen LogP contribution in [0.2, 0.25) is 10.0 Å². The molecule has 0 spiro atoms. The second kappa shape index (κ2) is 8.14. The molecule has 148 valence electrons. The number of aryl methyl sites for hydroxylation is 1. The van der Waals surface area contributed by atoms with Crippen LogP contribution >= 0.6 is 23.2 Å². The van der Waals surface area contributed by atoms with E-state index in [-0.39, 0.29) is 24.8 Å². The highest BCUT2D eigenvalue weighted by Gasteiger charge is 2.17. The molecule has 2 N–H and O–H groups in total. The highest BCUT2D eigenvalue weighted by atomic mass is 35.5. The molecule has 0 fully saturated rings. The number of anilines is 2. The third-order valence-electron chi connectivity index (χ3n) is 4.21. The highest BCUT2D eigenvalue weighted by Crippen LogP contribution is 2.32. The number of rotatable bonds is 5. The van der Waals surface area contributed by atoms with Crippen LogP contribution in [0.3, 0.4) is 0 Å². The van der Waals surface area contributed by atoms with Gasteiger partial charge in [-0.05, 0) is 36.4 Å². The van der Waals surface area contributed by atoms with Crippen molar-refractivity contribution in [3.63, 3.8) is 0 Å². The number of amides is 2. The van der Waals surface area contributed by atoms with Crippen molar-refractivity contribution < 1.29 is 18.7 Å². The molecule has 9 heteroatoms. The van der Waals surface area contributed by atoms with E-state index >= 15 is 0 Å². The number of halogens is 2. The van der Waals surface area contributed by atoms with Gasteiger partial charge in [-0.3, -0.25) is 9.59 Å². The largest absolute Gasteiger partial charge is 0.482 e. The van der Waals surface area contributed by atoms with Gasteiger partial charge in [0.15, 0.2) is 18.3 Å². The van der Waals surface area contributed by atoms with E-state index in [2.05, 4.69) is 15.6 Å². The second-order valence-corrected chi connectivity index (χ2v) is 7.18. The van der Waals surface area contributed by atoms with Crippen molar-refractivity contribution in [2.75, 3.05) is 17.2 Å². The number of nitrogens with one attached hydrogen (secondary N) is 2. The fraction of sp³-hybridized carbons (Fsp3) is 0.150. The monoisotopic (exact) mass is 431 g/mol. The molecule has 2 amide bonds. The summed E-state index contributed by atoms with van der Waals surface area (Å²) in [5.74, 6) is 1.05. The number of hydrogen-bond donors (Lipinski definition) is 2. The molecule has 7 nitrogen and oxygen atoms in total. The van der Waals surface area contributed by atoms with Gasteiger partial charge in [0.1, 0.15) is 5.75 Å². The Morgan fingerprint density at radius 3 is 2.90 bits per heavy atom. The molecule has 0 atom stereocenters. The standard InChI is InChI=1S/C20H15Cl2N3O4/c21-11-1-3-13(14(22)7-11)17-9-23-20(29-17)6-5-18(26)24-12-2-4-16-15(8-12)25-19(27)10-28-16/h1-4,7-9H,5-6,10H2,(H,24,26)(H,25,27). The molecule has 2 aromatic carbocycles. The number of aromatic nitrogens is 1. The number of fused-ring (bicyclic) bond motifs is 1. The summed E-state index contributed by atoms with van der Waals surface area (Å²) in [6, 6.07) is 10.1. The van der Waals surface area contributed by atoms with E-state index < -0.39 is 0 Å². The predicted octanol–water partition coefficient (Wildman–Crippen LogP) is 4.55. The Morgan fingerprint density at radius 1 is 1.21 bits per heavy atom. The van der Waals surface area contributed by atoms with E-state index in [1.165, 1.54) is 0 Å². The maximum absolute atomic E-state index is 12.3. The van der Waals surface area contributed by atoms with Gasteiger partial charge in [0.25, 0.3) is 5.91 Å². The third kappa shape index (κ3) is 4.52. The summed E-state index contributed by atoms with van der Waals surface area (Å²) in [5.41, 5.74) is 1.76. The molecule has 2 heterocycles. The van der Waals surface area contributed by atoms with Crippen LogP contribution in [0.25, 0.3) is 11.3 Å². The number of oxazole rings is 1. The van der Waals surface area contributed by atoms with Crippen LogP contribution in [-0.2, 0) is 16.0 Å². The first-order valence-corrected chi connectivity index (χ1v) is 9.50. The van der Waals surface area contributed by atoms with E-state index in [1.54, 1.807) is 42.6 Å². The minimum absolute atomic E-state index is 0.0158. The number of carbonyl (C=O) groups is 2. The molecule has 29 heavy (non-hydrogen) atoms. The van der Waals surface area contributed by atoms with Crippen molar-refractivity contribution >= 4 is 46.4 Å². The zero-order valence-electron chi connectivity index (χ0n) is 15.0. The number of ether oxygens (including phenoxy) is 1. The van der Waals surface area contributed by atoms with Gasteiger partial charge in [0.2, 0.25) is 5.91 Å². The van der Waals surface area contributed by atoms with E-state index in [1.807, 2.05) is 0 Å². The van der Waals surface area contributed by atoms with Gasteiger partial charge in [0.05, 0.1) is 16.9 Å². The van der Waals surface area contributed by atoms with Crippen molar-refractivity contribution in [1.29, 1.82) is 0 Å². The van der Waals surface area contributed by atoms with Gasteiger partial charge >= 0.3 is 0 Å².